The summed E-state index contributed by atoms with van der Waals surface area (Å²) in [6, 6.07) is -1.33. The average molecular weight is 260 g/mol. The Morgan fingerprint density at radius 1 is 1.44 bits per heavy atom. The van der Waals surface area contributed by atoms with Crippen molar-refractivity contribution in [1.29, 1.82) is 0 Å². The quantitative estimate of drug-likeness (QED) is 0.351. The van der Waals surface area contributed by atoms with Gasteiger partial charge in [0.15, 0.2) is 0 Å². The van der Waals surface area contributed by atoms with Crippen LogP contribution < -0.4 is 10.6 Å². The summed E-state index contributed by atoms with van der Waals surface area (Å²) in [5.74, 6) is -0.270. The molecule has 7 nitrogen and oxygen atoms in total. The molecule has 1 rings (SSSR count). The summed E-state index contributed by atoms with van der Waals surface area (Å²) in [5, 5.41) is 24.0. The van der Waals surface area contributed by atoms with Crippen molar-refractivity contribution in [3.8, 4) is 0 Å². The van der Waals surface area contributed by atoms with Gasteiger partial charge in [-0.15, -0.1) is 0 Å². The van der Waals surface area contributed by atoms with Crippen LogP contribution in [0, 0.1) is 0 Å². The topological polar surface area (TPSA) is 108 Å². The van der Waals surface area contributed by atoms with Crippen LogP contribution in [0.5, 0.6) is 0 Å². The average Bonchev–Trinajstić information content (AvgIpc) is 2.75. The van der Waals surface area contributed by atoms with Gasteiger partial charge in [0, 0.05) is 6.42 Å². The van der Waals surface area contributed by atoms with E-state index in [1.165, 1.54) is 7.11 Å². The zero-order chi connectivity index (χ0) is 13.5. The van der Waals surface area contributed by atoms with Crippen LogP contribution in [0.15, 0.2) is 0 Å². The highest BCUT2D eigenvalue weighted by Gasteiger charge is 2.35. The number of unbranched alkanes of at least 4 members (excludes halogenated alkanes) is 1. The lowest BCUT2D eigenvalue weighted by molar-refractivity contribution is -0.140. The van der Waals surface area contributed by atoms with Crippen molar-refractivity contribution in [3.05, 3.63) is 0 Å². The maximum atomic E-state index is 11.1. The van der Waals surface area contributed by atoms with Crippen LogP contribution in [0.3, 0.4) is 0 Å². The summed E-state index contributed by atoms with van der Waals surface area (Å²) in [6.07, 6.45) is 1.32. The maximum absolute atomic E-state index is 11.1. The molecule has 3 atom stereocenters. The van der Waals surface area contributed by atoms with Crippen molar-refractivity contribution < 1.29 is 24.5 Å². The molecule has 0 aromatic heterocycles. The van der Waals surface area contributed by atoms with E-state index in [0.717, 1.165) is 0 Å². The molecule has 1 saturated heterocycles. The number of methoxy groups -OCH3 is 1. The van der Waals surface area contributed by atoms with E-state index < -0.39 is 18.2 Å². The Morgan fingerprint density at radius 2 is 2.17 bits per heavy atom. The van der Waals surface area contributed by atoms with Crippen molar-refractivity contribution >= 4 is 12.0 Å². The molecule has 1 aliphatic rings. The molecule has 1 aliphatic heterocycles. The molecule has 0 saturated carbocycles. The fourth-order valence-electron chi connectivity index (χ4n) is 1.98. The number of ether oxygens (including phenoxy) is 1. The zero-order valence-electron chi connectivity index (χ0n) is 10.4. The van der Waals surface area contributed by atoms with Gasteiger partial charge in [-0.25, -0.2) is 4.79 Å². The number of urea groups is 1. The minimum atomic E-state index is -0.737. The Hall–Kier alpha value is -1.34. The molecule has 4 N–H and O–H groups in total. The summed E-state index contributed by atoms with van der Waals surface area (Å²) in [5.41, 5.74) is 0. The predicted molar refractivity (Wildman–Crippen MR) is 62.8 cm³/mol. The van der Waals surface area contributed by atoms with E-state index in [9.17, 15) is 14.7 Å². The fraction of sp³-hybridized carbons (Fsp3) is 0.818. The number of nitrogens with one attached hydrogen (secondary N) is 2. The van der Waals surface area contributed by atoms with E-state index in [4.69, 9.17) is 5.11 Å². The first kappa shape index (κ1) is 14.7. The van der Waals surface area contributed by atoms with Crippen molar-refractivity contribution in [2.45, 2.75) is 43.9 Å². The number of aliphatic hydroxyl groups excluding tert-OH is 2. The SMILES string of the molecule is COC(=O)CCCC[C@H](O)[C@@H]1NC(=O)N[C@H]1CO. The Kier molecular flexibility index (Phi) is 5.87. The number of carbonyl (C=O) groups is 2. The van der Waals surface area contributed by atoms with Crippen LogP contribution in [-0.2, 0) is 9.53 Å². The summed E-state index contributed by atoms with van der Waals surface area (Å²) >= 11 is 0. The van der Waals surface area contributed by atoms with E-state index in [-0.39, 0.29) is 18.6 Å². The number of hydrogen-bond donors (Lipinski definition) is 4. The lowest BCUT2D eigenvalue weighted by atomic mass is 9.99. The number of amides is 2. The van der Waals surface area contributed by atoms with Crippen molar-refractivity contribution in [2.75, 3.05) is 13.7 Å². The molecular weight excluding hydrogens is 240 g/mol. The molecule has 0 unspecified atom stereocenters. The monoisotopic (exact) mass is 260 g/mol. The summed E-state index contributed by atoms with van der Waals surface area (Å²) in [4.78, 5) is 21.9. The predicted octanol–water partition coefficient (Wildman–Crippen LogP) is -0.877. The molecule has 7 heteroatoms. The molecule has 0 aromatic carbocycles. The lowest BCUT2D eigenvalue weighted by Crippen LogP contribution is -2.45. The highest BCUT2D eigenvalue weighted by Crippen LogP contribution is 2.13. The van der Waals surface area contributed by atoms with Crippen LogP contribution in [0.1, 0.15) is 25.7 Å². The maximum Gasteiger partial charge on any atom is 0.315 e. The molecular formula is C11H20N2O5. The number of carbonyl (C=O) groups excluding carboxylic acids is 2. The second-order valence-electron chi connectivity index (χ2n) is 4.32. The largest absolute Gasteiger partial charge is 0.469 e. The van der Waals surface area contributed by atoms with Crippen molar-refractivity contribution in [2.24, 2.45) is 0 Å². The summed E-state index contributed by atoms with van der Waals surface area (Å²) < 4.78 is 4.50. The van der Waals surface area contributed by atoms with Crippen LogP contribution in [-0.4, -0.2) is 54.1 Å². The highest BCUT2D eigenvalue weighted by molar-refractivity contribution is 5.77. The fourth-order valence-corrected chi connectivity index (χ4v) is 1.98. The lowest BCUT2D eigenvalue weighted by Gasteiger charge is -2.22. The van der Waals surface area contributed by atoms with Crippen LogP contribution in [0.4, 0.5) is 4.79 Å². The third-order valence-corrected chi connectivity index (χ3v) is 3.02. The highest BCUT2D eigenvalue weighted by atomic mass is 16.5. The number of hydrogen-bond acceptors (Lipinski definition) is 5. The number of aliphatic hydroxyl groups is 2. The van der Waals surface area contributed by atoms with Gasteiger partial charge in [0.25, 0.3) is 0 Å². The number of rotatable bonds is 7. The van der Waals surface area contributed by atoms with E-state index in [0.29, 0.717) is 25.7 Å². The Bertz CT molecular complexity index is 297. The van der Waals surface area contributed by atoms with E-state index >= 15 is 0 Å². The third kappa shape index (κ3) is 4.15. The van der Waals surface area contributed by atoms with E-state index in [2.05, 4.69) is 15.4 Å². The number of esters is 1. The van der Waals surface area contributed by atoms with Gasteiger partial charge in [0.05, 0.1) is 31.9 Å². The Labute approximate surface area is 106 Å². The van der Waals surface area contributed by atoms with Gasteiger partial charge in [-0.3, -0.25) is 4.79 Å². The second-order valence-corrected chi connectivity index (χ2v) is 4.32. The molecule has 2 amide bonds. The van der Waals surface area contributed by atoms with E-state index in [1.54, 1.807) is 0 Å². The molecule has 0 aromatic rings. The van der Waals surface area contributed by atoms with Crippen LogP contribution in [0.2, 0.25) is 0 Å². The standard InChI is InChI=1S/C11H20N2O5/c1-18-9(16)5-3-2-4-8(15)10-7(6-14)12-11(17)13-10/h7-8,10,14-15H,2-6H2,1H3,(H2,12,13,17)/t7-,8-,10+/m0/s1. The Balaban J connectivity index is 2.25. The van der Waals surface area contributed by atoms with Gasteiger partial charge < -0.3 is 25.6 Å². The van der Waals surface area contributed by atoms with Gasteiger partial charge in [-0.05, 0) is 12.8 Å². The van der Waals surface area contributed by atoms with Gasteiger partial charge in [0.1, 0.15) is 0 Å². The van der Waals surface area contributed by atoms with Crippen molar-refractivity contribution in [3.63, 3.8) is 0 Å². The molecule has 18 heavy (non-hydrogen) atoms. The first-order valence-corrected chi connectivity index (χ1v) is 6.01. The summed E-state index contributed by atoms with van der Waals surface area (Å²) in [7, 11) is 1.34. The normalized spacial score (nSPS) is 24.3. The molecule has 0 spiro atoms. The van der Waals surface area contributed by atoms with E-state index in [1.807, 2.05) is 0 Å². The molecule has 1 fully saturated rings. The van der Waals surface area contributed by atoms with Gasteiger partial charge >= 0.3 is 12.0 Å². The summed E-state index contributed by atoms with van der Waals surface area (Å²) in [6.45, 7) is -0.220. The molecule has 0 aliphatic carbocycles. The molecule has 104 valence electrons. The molecule has 1 heterocycles. The third-order valence-electron chi connectivity index (χ3n) is 3.02. The Morgan fingerprint density at radius 3 is 2.78 bits per heavy atom. The first-order valence-electron chi connectivity index (χ1n) is 6.01. The first-order chi connectivity index (χ1) is 8.58. The van der Waals surface area contributed by atoms with Gasteiger partial charge in [-0.2, -0.15) is 0 Å². The molecule has 0 radical (unpaired) electrons. The van der Waals surface area contributed by atoms with Crippen molar-refractivity contribution in [1.82, 2.24) is 10.6 Å². The van der Waals surface area contributed by atoms with Crippen LogP contribution >= 0.6 is 0 Å². The van der Waals surface area contributed by atoms with Crippen LogP contribution in [0.25, 0.3) is 0 Å². The smallest absolute Gasteiger partial charge is 0.315 e. The minimum absolute atomic E-state index is 0.220. The van der Waals surface area contributed by atoms with Gasteiger partial charge in [-0.1, -0.05) is 6.42 Å². The molecule has 0 bridgehead atoms. The second kappa shape index (κ2) is 7.17. The zero-order valence-corrected chi connectivity index (χ0v) is 10.4. The minimum Gasteiger partial charge on any atom is -0.469 e. The van der Waals surface area contributed by atoms with Gasteiger partial charge in [0.2, 0.25) is 0 Å².